The first kappa shape index (κ1) is 22.0. The molecule has 1 N–H and O–H groups in total. The third kappa shape index (κ3) is 5.34. The third-order valence-electron chi connectivity index (χ3n) is 6.05. The monoisotopic (exact) mass is 485 g/mol. The Bertz CT molecular complexity index is 885. The van der Waals surface area contributed by atoms with Crippen LogP contribution < -0.4 is 5.32 Å². The van der Waals surface area contributed by atoms with E-state index in [0.29, 0.717) is 38.3 Å². The highest BCUT2D eigenvalue weighted by Gasteiger charge is 2.35. The standard InChI is InChI=1S/C24H28BrN3O3/c25-20-10-8-19(9-11-20)24(30)28-12-4-7-21(28)23(29)26-17-22(18-5-2-1-3-6-18)27-13-15-31-16-14-27/h1-3,5-6,8-11,21-22H,4,7,12-17H2,(H,26,29). The van der Waals surface area contributed by atoms with E-state index in [9.17, 15) is 9.59 Å². The molecule has 2 aliphatic heterocycles. The lowest BCUT2D eigenvalue weighted by Crippen LogP contribution is -2.49. The maximum atomic E-state index is 13.1. The van der Waals surface area contributed by atoms with Crippen LogP contribution in [0.3, 0.4) is 0 Å². The second-order valence-corrected chi connectivity index (χ2v) is 8.90. The minimum atomic E-state index is -0.419. The van der Waals surface area contributed by atoms with Gasteiger partial charge in [-0.15, -0.1) is 0 Å². The number of nitrogens with one attached hydrogen (secondary N) is 1. The molecule has 164 valence electrons. The second kappa shape index (κ2) is 10.4. The van der Waals surface area contributed by atoms with E-state index in [4.69, 9.17) is 4.74 Å². The van der Waals surface area contributed by atoms with Crippen molar-refractivity contribution < 1.29 is 14.3 Å². The molecular formula is C24H28BrN3O3. The number of halogens is 1. The number of likely N-dealkylation sites (tertiary alicyclic amines) is 1. The summed E-state index contributed by atoms with van der Waals surface area (Å²) in [7, 11) is 0. The number of rotatable bonds is 6. The molecule has 0 aliphatic carbocycles. The zero-order valence-electron chi connectivity index (χ0n) is 17.5. The number of ether oxygens (including phenoxy) is 1. The van der Waals surface area contributed by atoms with Crippen LogP contribution >= 0.6 is 15.9 Å². The first-order valence-electron chi connectivity index (χ1n) is 10.8. The first-order chi connectivity index (χ1) is 15.1. The van der Waals surface area contributed by atoms with Gasteiger partial charge in [-0.1, -0.05) is 46.3 Å². The van der Waals surface area contributed by atoms with Gasteiger partial charge in [0.2, 0.25) is 5.91 Å². The minimum absolute atomic E-state index is 0.0721. The van der Waals surface area contributed by atoms with Crippen LogP contribution in [0.1, 0.15) is 34.8 Å². The van der Waals surface area contributed by atoms with Crippen molar-refractivity contribution in [1.82, 2.24) is 15.1 Å². The summed E-state index contributed by atoms with van der Waals surface area (Å²) in [6, 6.07) is 17.2. The Morgan fingerprint density at radius 1 is 1.03 bits per heavy atom. The first-order valence-corrected chi connectivity index (χ1v) is 11.6. The van der Waals surface area contributed by atoms with E-state index in [2.05, 4.69) is 38.3 Å². The van der Waals surface area contributed by atoms with E-state index in [-0.39, 0.29) is 17.9 Å². The van der Waals surface area contributed by atoms with Crippen LogP contribution in [-0.4, -0.2) is 67.0 Å². The quantitative estimate of drug-likeness (QED) is 0.681. The molecule has 7 heteroatoms. The molecule has 2 heterocycles. The number of amides is 2. The maximum Gasteiger partial charge on any atom is 0.254 e. The van der Waals surface area contributed by atoms with E-state index in [0.717, 1.165) is 24.0 Å². The molecule has 2 unspecified atom stereocenters. The van der Waals surface area contributed by atoms with Gasteiger partial charge < -0.3 is 15.0 Å². The van der Waals surface area contributed by atoms with Crippen LogP contribution in [-0.2, 0) is 9.53 Å². The number of carbonyl (C=O) groups is 2. The summed E-state index contributed by atoms with van der Waals surface area (Å²) in [5.74, 6) is -0.157. The van der Waals surface area contributed by atoms with Crippen LogP contribution in [0.4, 0.5) is 0 Å². The molecule has 4 rings (SSSR count). The Morgan fingerprint density at radius 2 is 1.74 bits per heavy atom. The lowest BCUT2D eigenvalue weighted by molar-refractivity contribution is -0.125. The maximum absolute atomic E-state index is 13.1. The second-order valence-electron chi connectivity index (χ2n) is 7.98. The highest BCUT2D eigenvalue weighted by molar-refractivity contribution is 9.10. The minimum Gasteiger partial charge on any atom is -0.379 e. The number of benzene rings is 2. The van der Waals surface area contributed by atoms with Crippen molar-refractivity contribution in [3.63, 3.8) is 0 Å². The van der Waals surface area contributed by atoms with Gasteiger partial charge in [0, 0.05) is 36.2 Å². The van der Waals surface area contributed by atoms with E-state index in [1.54, 1.807) is 17.0 Å². The highest BCUT2D eigenvalue weighted by Crippen LogP contribution is 2.24. The Morgan fingerprint density at radius 3 is 2.45 bits per heavy atom. The van der Waals surface area contributed by atoms with Crippen LogP contribution in [0.5, 0.6) is 0 Å². The Labute approximate surface area is 191 Å². The van der Waals surface area contributed by atoms with Crippen molar-refractivity contribution in [1.29, 1.82) is 0 Å². The van der Waals surface area contributed by atoms with Crippen LogP contribution in [0, 0.1) is 0 Å². The average Bonchev–Trinajstić information content (AvgIpc) is 3.31. The van der Waals surface area contributed by atoms with Gasteiger partial charge in [-0.05, 0) is 42.7 Å². The predicted molar refractivity (Wildman–Crippen MR) is 123 cm³/mol. The molecule has 2 aromatic rings. The molecule has 2 atom stereocenters. The van der Waals surface area contributed by atoms with Gasteiger partial charge in [0.15, 0.2) is 0 Å². The van der Waals surface area contributed by atoms with Gasteiger partial charge in [0.1, 0.15) is 6.04 Å². The fourth-order valence-electron chi connectivity index (χ4n) is 4.38. The molecule has 2 fully saturated rings. The molecule has 2 aliphatic rings. The molecule has 0 aromatic heterocycles. The lowest BCUT2D eigenvalue weighted by Gasteiger charge is -2.35. The van der Waals surface area contributed by atoms with E-state index >= 15 is 0 Å². The van der Waals surface area contributed by atoms with Crippen LogP contribution in [0.25, 0.3) is 0 Å². The molecule has 6 nitrogen and oxygen atoms in total. The summed E-state index contributed by atoms with van der Waals surface area (Å²) >= 11 is 3.40. The van der Waals surface area contributed by atoms with E-state index in [1.807, 2.05) is 30.3 Å². The van der Waals surface area contributed by atoms with Crippen LogP contribution in [0.2, 0.25) is 0 Å². The van der Waals surface area contributed by atoms with Crippen LogP contribution in [0.15, 0.2) is 59.1 Å². The summed E-state index contributed by atoms with van der Waals surface area (Å²) in [6.45, 7) is 4.21. The van der Waals surface area contributed by atoms with E-state index in [1.165, 1.54) is 5.56 Å². The number of morpholine rings is 1. The summed E-state index contributed by atoms with van der Waals surface area (Å²) in [5, 5.41) is 3.14. The largest absolute Gasteiger partial charge is 0.379 e. The van der Waals surface area contributed by atoms with Gasteiger partial charge in [0.25, 0.3) is 5.91 Å². The number of hydrogen-bond donors (Lipinski definition) is 1. The number of nitrogens with zero attached hydrogens (tertiary/aromatic N) is 2. The molecule has 2 amide bonds. The van der Waals surface area contributed by atoms with Gasteiger partial charge in [-0.3, -0.25) is 14.5 Å². The fraction of sp³-hybridized carbons (Fsp3) is 0.417. The molecule has 0 radical (unpaired) electrons. The summed E-state index contributed by atoms with van der Waals surface area (Å²) in [5.41, 5.74) is 1.79. The normalized spacial score (nSPS) is 20.4. The molecule has 0 spiro atoms. The van der Waals surface area contributed by atoms with Gasteiger partial charge in [-0.2, -0.15) is 0 Å². The fourth-order valence-corrected chi connectivity index (χ4v) is 4.64. The zero-order valence-corrected chi connectivity index (χ0v) is 19.1. The van der Waals surface area contributed by atoms with Gasteiger partial charge in [-0.25, -0.2) is 0 Å². The van der Waals surface area contributed by atoms with Crippen molar-refractivity contribution in [2.24, 2.45) is 0 Å². The SMILES string of the molecule is O=C(NCC(c1ccccc1)N1CCOCC1)C1CCCN1C(=O)c1ccc(Br)cc1. The predicted octanol–water partition coefficient (Wildman–Crippen LogP) is 3.24. The van der Waals surface area contributed by atoms with Crippen molar-refractivity contribution in [2.45, 2.75) is 24.9 Å². The van der Waals surface area contributed by atoms with Gasteiger partial charge >= 0.3 is 0 Å². The van der Waals surface area contributed by atoms with Crippen molar-refractivity contribution in [2.75, 3.05) is 39.4 Å². The lowest BCUT2D eigenvalue weighted by atomic mass is 10.0. The highest BCUT2D eigenvalue weighted by atomic mass is 79.9. The molecule has 2 aromatic carbocycles. The molecule has 2 saturated heterocycles. The van der Waals surface area contributed by atoms with Crippen molar-refractivity contribution in [3.8, 4) is 0 Å². The number of carbonyl (C=O) groups excluding carboxylic acids is 2. The molecular weight excluding hydrogens is 458 g/mol. The zero-order chi connectivity index (χ0) is 21.6. The van der Waals surface area contributed by atoms with Crippen molar-refractivity contribution in [3.05, 3.63) is 70.2 Å². The summed E-state index contributed by atoms with van der Waals surface area (Å²) < 4.78 is 6.43. The summed E-state index contributed by atoms with van der Waals surface area (Å²) in [4.78, 5) is 30.2. The number of hydrogen-bond acceptors (Lipinski definition) is 4. The van der Waals surface area contributed by atoms with Gasteiger partial charge in [0.05, 0.1) is 19.3 Å². The molecule has 0 bridgehead atoms. The molecule has 31 heavy (non-hydrogen) atoms. The molecule has 0 saturated carbocycles. The smallest absolute Gasteiger partial charge is 0.254 e. The topological polar surface area (TPSA) is 61.9 Å². The Balaban J connectivity index is 1.43. The Kier molecular flexibility index (Phi) is 7.37. The Hall–Kier alpha value is -2.22. The van der Waals surface area contributed by atoms with Crippen molar-refractivity contribution >= 4 is 27.7 Å². The third-order valence-corrected chi connectivity index (χ3v) is 6.58. The average molecular weight is 486 g/mol. The summed E-state index contributed by atoms with van der Waals surface area (Å²) in [6.07, 6.45) is 1.54. The van der Waals surface area contributed by atoms with E-state index < -0.39 is 6.04 Å².